The zero-order chi connectivity index (χ0) is 20.8. The lowest BCUT2D eigenvalue weighted by Gasteiger charge is -2.54. The summed E-state index contributed by atoms with van der Waals surface area (Å²) in [6.45, 7) is 9.96. The van der Waals surface area contributed by atoms with Crippen molar-refractivity contribution >= 4 is 5.91 Å². The second-order valence-electron chi connectivity index (χ2n) is 12.0. The quantitative estimate of drug-likeness (QED) is 0.494. The molecule has 2 N–H and O–H groups in total. The topological polar surface area (TPSA) is 43.1 Å². The van der Waals surface area contributed by atoms with Crippen molar-refractivity contribution in [1.82, 2.24) is 0 Å². The first-order valence-electron chi connectivity index (χ1n) is 12.8. The van der Waals surface area contributed by atoms with Crippen LogP contribution < -0.4 is 5.73 Å². The molecular formula is C27H45NO. The first-order chi connectivity index (χ1) is 13.8. The van der Waals surface area contributed by atoms with Crippen LogP contribution in [0.3, 0.4) is 0 Å². The maximum absolute atomic E-state index is 11.7. The minimum Gasteiger partial charge on any atom is -0.369 e. The van der Waals surface area contributed by atoms with E-state index in [4.69, 9.17) is 5.73 Å². The molecule has 3 fully saturated rings. The molecule has 1 amide bonds. The zero-order valence-electron chi connectivity index (χ0n) is 19.5. The number of rotatable bonds is 6. The molecule has 0 aliphatic heterocycles. The van der Waals surface area contributed by atoms with E-state index in [2.05, 4.69) is 33.8 Å². The Kier molecular flexibility index (Phi) is 6.20. The number of fused-ring (bicyclic) bond motifs is 5. The van der Waals surface area contributed by atoms with Crippen LogP contribution in [-0.4, -0.2) is 5.91 Å². The second kappa shape index (κ2) is 8.39. The van der Waals surface area contributed by atoms with Gasteiger partial charge in [0.05, 0.1) is 0 Å². The van der Waals surface area contributed by atoms with E-state index >= 15 is 0 Å². The molecule has 4 rings (SSSR count). The van der Waals surface area contributed by atoms with E-state index in [-0.39, 0.29) is 11.8 Å². The van der Waals surface area contributed by atoms with Gasteiger partial charge in [-0.3, -0.25) is 4.79 Å². The number of amides is 1. The highest BCUT2D eigenvalue weighted by atomic mass is 16.1. The fraction of sp³-hybridized carbons (Fsp3) is 0.889. The van der Waals surface area contributed by atoms with Crippen molar-refractivity contribution in [3.8, 4) is 0 Å². The first-order valence-corrected chi connectivity index (χ1v) is 12.8. The van der Waals surface area contributed by atoms with Crippen LogP contribution in [-0.2, 0) is 4.79 Å². The Morgan fingerprint density at radius 2 is 1.90 bits per heavy atom. The summed E-state index contributed by atoms with van der Waals surface area (Å²) in [5, 5.41) is 0. The molecule has 0 spiro atoms. The molecule has 0 bridgehead atoms. The van der Waals surface area contributed by atoms with Crippen molar-refractivity contribution in [1.29, 1.82) is 0 Å². The van der Waals surface area contributed by atoms with Gasteiger partial charge in [-0.2, -0.15) is 0 Å². The van der Waals surface area contributed by atoms with Crippen molar-refractivity contribution in [2.75, 3.05) is 0 Å². The van der Waals surface area contributed by atoms with Gasteiger partial charge < -0.3 is 5.73 Å². The Labute approximate surface area is 179 Å². The smallest absolute Gasteiger partial charge is 0.220 e. The molecule has 2 nitrogen and oxygen atoms in total. The van der Waals surface area contributed by atoms with Crippen molar-refractivity contribution in [3.63, 3.8) is 0 Å². The summed E-state index contributed by atoms with van der Waals surface area (Å²) in [7, 11) is 0. The van der Waals surface area contributed by atoms with Crippen LogP contribution in [0.5, 0.6) is 0 Å². The van der Waals surface area contributed by atoms with E-state index in [1.807, 2.05) is 0 Å². The van der Waals surface area contributed by atoms with Crippen LogP contribution in [0.4, 0.5) is 0 Å². The molecule has 0 aromatic rings. The minimum absolute atomic E-state index is 0.0761. The summed E-state index contributed by atoms with van der Waals surface area (Å²) in [5.74, 6) is 6.19. The molecule has 4 aliphatic rings. The van der Waals surface area contributed by atoms with Gasteiger partial charge in [-0.1, -0.05) is 58.6 Å². The van der Waals surface area contributed by atoms with Crippen LogP contribution in [0.15, 0.2) is 11.6 Å². The average molecular weight is 400 g/mol. The lowest BCUT2D eigenvalue weighted by molar-refractivity contribution is -0.122. The number of primary amides is 1. The third-order valence-electron chi connectivity index (χ3n) is 10.0. The molecule has 0 heterocycles. The Balaban J connectivity index is 1.44. The molecular weight excluding hydrogens is 354 g/mol. The number of carbonyl (C=O) groups is 1. The van der Waals surface area contributed by atoms with Gasteiger partial charge >= 0.3 is 0 Å². The molecule has 0 radical (unpaired) electrons. The van der Waals surface area contributed by atoms with E-state index < -0.39 is 0 Å². The van der Waals surface area contributed by atoms with Crippen LogP contribution in [0.1, 0.15) is 98.3 Å². The Hall–Kier alpha value is -0.790. The first kappa shape index (κ1) is 21.4. The number of nitrogens with two attached hydrogens (primary N) is 1. The van der Waals surface area contributed by atoms with Gasteiger partial charge in [0.15, 0.2) is 0 Å². The van der Waals surface area contributed by atoms with E-state index in [1.54, 1.807) is 5.57 Å². The summed E-state index contributed by atoms with van der Waals surface area (Å²) in [5.41, 5.74) is 7.81. The fourth-order valence-electron chi connectivity index (χ4n) is 8.54. The van der Waals surface area contributed by atoms with Crippen LogP contribution in [0.25, 0.3) is 0 Å². The van der Waals surface area contributed by atoms with E-state index in [0.29, 0.717) is 5.41 Å². The summed E-state index contributed by atoms with van der Waals surface area (Å²) >= 11 is 0. The van der Waals surface area contributed by atoms with E-state index in [1.165, 1.54) is 57.8 Å². The van der Waals surface area contributed by atoms with Gasteiger partial charge in [0.1, 0.15) is 0 Å². The van der Waals surface area contributed by atoms with Crippen LogP contribution >= 0.6 is 0 Å². The Bertz CT molecular complexity index is 636. The number of hydrogen-bond donors (Lipinski definition) is 1. The summed E-state index contributed by atoms with van der Waals surface area (Å²) in [6, 6.07) is 0. The number of allylic oxidation sites excluding steroid dienone is 2. The molecule has 2 heteroatoms. The molecule has 0 saturated heterocycles. The van der Waals surface area contributed by atoms with Gasteiger partial charge in [0.2, 0.25) is 5.91 Å². The van der Waals surface area contributed by atoms with E-state index in [9.17, 15) is 4.79 Å². The largest absolute Gasteiger partial charge is 0.369 e. The Morgan fingerprint density at radius 1 is 1.10 bits per heavy atom. The average Bonchev–Trinajstić information content (AvgIpc) is 3.04. The summed E-state index contributed by atoms with van der Waals surface area (Å²) < 4.78 is 0. The lowest BCUT2D eigenvalue weighted by atomic mass is 9.50. The monoisotopic (exact) mass is 399 g/mol. The highest BCUT2D eigenvalue weighted by Gasteiger charge is 2.56. The standard InChI is InChI=1S/C27H45NO/c1-17(2)6-5-7-18(3)24-12-13-25-23-11-8-19-16-20(26(28)29)9-10-21(19)22(23)14-15-27(24,25)4/h8,17-18,20-25H,5-7,9-16H2,1-4H3,(H2,28,29)/t18-,20+,21?,22?,23?,24-,25?,27-/m1/s1. The maximum Gasteiger partial charge on any atom is 0.220 e. The normalized spacial score (nSPS) is 42.6. The van der Waals surface area contributed by atoms with Crippen molar-refractivity contribution in [2.24, 2.45) is 58.5 Å². The van der Waals surface area contributed by atoms with Crippen LogP contribution in [0, 0.1) is 52.8 Å². The van der Waals surface area contributed by atoms with Gasteiger partial charge in [-0.15, -0.1) is 0 Å². The SMILES string of the molecule is CC(C)CCC[C@@H](C)[C@H]1CCC2C3CC=C4C[C@@H](C(N)=O)CCC4C3CC[C@@]21C. The second-order valence-corrected chi connectivity index (χ2v) is 12.0. The van der Waals surface area contributed by atoms with Crippen molar-refractivity contribution < 1.29 is 4.79 Å². The molecule has 29 heavy (non-hydrogen) atoms. The zero-order valence-corrected chi connectivity index (χ0v) is 19.5. The molecule has 3 saturated carbocycles. The number of carbonyl (C=O) groups excluding carboxylic acids is 1. The molecule has 8 atom stereocenters. The molecule has 4 unspecified atom stereocenters. The van der Waals surface area contributed by atoms with Gasteiger partial charge in [0.25, 0.3) is 0 Å². The highest BCUT2D eigenvalue weighted by molar-refractivity contribution is 5.77. The van der Waals surface area contributed by atoms with Gasteiger partial charge in [-0.05, 0) is 98.2 Å². The molecule has 164 valence electrons. The van der Waals surface area contributed by atoms with Crippen molar-refractivity contribution in [2.45, 2.75) is 98.3 Å². The predicted molar refractivity (Wildman–Crippen MR) is 121 cm³/mol. The lowest BCUT2D eigenvalue weighted by Crippen LogP contribution is -2.47. The molecule has 0 aromatic carbocycles. The third-order valence-corrected chi connectivity index (χ3v) is 10.0. The Morgan fingerprint density at radius 3 is 2.62 bits per heavy atom. The third kappa shape index (κ3) is 3.94. The van der Waals surface area contributed by atoms with Crippen molar-refractivity contribution in [3.05, 3.63) is 11.6 Å². The molecule has 0 aromatic heterocycles. The predicted octanol–water partition coefficient (Wildman–Crippen LogP) is 6.74. The van der Waals surface area contributed by atoms with Gasteiger partial charge in [0, 0.05) is 5.92 Å². The fourth-order valence-corrected chi connectivity index (χ4v) is 8.54. The summed E-state index contributed by atoms with van der Waals surface area (Å²) in [4.78, 5) is 11.7. The van der Waals surface area contributed by atoms with Gasteiger partial charge in [-0.25, -0.2) is 0 Å². The minimum atomic E-state index is -0.0761. The molecule has 4 aliphatic carbocycles. The number of hydrogen-bond acceptors (Lipinski definition) is 1. The van der Waals surface area contributed by atoms with Crippen LogP contribution in [0.2, 0.25) is 0 Å². The highest BCUT2D eigenvalue weighted by Crippen LogP contribution is 2.64. The summed E-state index contributed by atoms with van der Waals surface area (Å²) in [6.07, 6.45) is 17.1. The maximum atomic E-state index is 11.7. The van der Waals surface area contributed by atoms with E-state index in [0.717, 1.165) is 54.3 Å².